The highest BCUT2D eigenvalue weighted by Crippen LogP contribution is 2.23. The molecule has 1 amide bonds. The van der Waals surface area contributed by atoms with E-state index in [2.05, 4.69) is 4.98 Å². The van der Waals surface area contributed by atoms with Gasteiger partial charge in [0.2, 0.25) is 0 Å². The minimum Gasteiger partial charge on any atom is -0.378 e. The van der Waals surface area contributed by atoms with Crippen LogP contribution in [0.2, 0.25) is 0 Å². The van der Waals surface area contributed by atoms with Crippen LogP contribution in [0.25, 0.3) is 5.82 Å². The van der Waals surface area contributed by atoms with Gasteiger partial charge >= 0.3 is 0 Å². The second-order valence-corrected chi connectivity index (χ2v) is 6.81. The largest absolute Gasteiger partial charge is 0.378 e. The summed E-state index contributed by atoms with van der Waals surface area (Å²) in [4.78, 5) is 19.4. The number of carbonyl (C=O) groups excluding carboxylic acids is 1. The molecule has 1 aliphatic rings. The molecule has 0 aromatic carbocycles. The fraction of sp³-hybridized carbons (Fsp3) is 0.500. The van der Waals surface area contributed by atoms with Crippen LogP contribution in [0.3, 0.4) is 0 Å². The van der Waals surface area contributed by atoms with E-state index in [-0.39, 0.29) is 36.8 Å². The molecule has 1 fully saturated rings. The average molecular weight is 429 g/mol. The van der Waals surface area contributed by atoms with E-state index in [1.54, 1.807) is 6.20 Å². The van der Waals surface area contributed by atoms with Crippen molar-refractivity contribution in [2.45, 2.75) is 39.2 Å². The lowest BCUT2D eigenvalue weighted by Gasteiger charge is -2.32. The maximum absolute atomic E-state index is 13.0. The molecule has 2 aromatic heterocycles. The molecule has 0 bridgehead atoms. The number of ether oxygens (including phenoxy) is 1. The van der Waals surface area contributed by atoms with E-state index in [1.807, 2.05) is 47.6 Å². The molecule has 3 heterocycles. The number of nitrogens with two attached hydrogens (primary N) is 1. The summed E-state index contributed by atoms with van der Waals surface area (Å²) in [5, 5.41) is 0. The van der Waals surface area contributed by atoms with Crippen LogP contribution in [0, 0.1) is 13.8 Å². The molecule has 156 valence electrons. The first kappa shape index (κ1) is 24.4. The quantitative estimate of drug-likeness (QED) is 0.716. The van der Waals surface area contributed by atoms with Gasteiger partial charge in [0.05, 0.1) is 11.7 Å². The highest BCUT2D eigenvalue weighted by molar-refractivity contribution is 5.96. The van der Waals surface area contributed by atoms with Crippen LogP contribution in [0.5, 0.6) is 0 Å². The molecular weight excluding hydrogens is 399 g/mol. The van der Waals surface area contributed by atoms with E-state index >= 15 is 0 Å². The van der Waals surface area contributed by atoms with Crippen LogP contribution >= 0.6 is 24.8 Å². The van der Waals surface area contributed by atoms with Gasteiger partial charge in [0.25, 0.3) is 5.91 Å². The van der Waals surface area contributed by atoms with E-state index in [1.165, 1.54) is 0 Å². The second-order valence-electron chi connectivity index (χ2n) is 6.81. The number of aromatic nitrogens is 2. The Hall–Kier alpha value is -1.60. The Morgan fingerprint density at radius 2 is 1.96 bits per heavy atom. The SMILES string of the molecule is Cc1cc(C(=O)N2CCC(OCCCN)CC2)c(C)n1-c1ccccn1.Cl.Cl. The highest BCUT2D eigenvalue weighted by atomic mass is 35.5. The van der Waals surface area contributed by atoms with Crippen molar-refractivity contribution in [1.82, 2.24) is 14.5 Å². The van der Waals surface area contributed by atoms with E-state index in [9.17, 15) is 4.79 Å². The summed E-state index contributed by atoms with van der Waals surface area (Å²) in [5.41, 5.74) is 8.22. The summed E-state index contributed by atoms with van der Waals surface area (Å²) in [6, 6.07) is 7.77. The summed E-state index contributed by atoms with van der Waals surface area (Å²) in [6.45, 7) is 6.83. The van der Waals surface area contributed by atoms with E-state index in [0.29, 0.717) is 13.2 Å². The lowest BCUT2D eigenvalue weighted by molar-refractivity contribution is 0.00843. The van der Waals surface area contributed by atoms with Crippen molar-refractivity contribution < 1.29 is 9.53 Å². The molecule has 2 N–H and O–H groups in total. The number of aryl methyl sites for hydroxylation is 1. The van der Waals surface area contributed by atoms with Gasteiger partial charge in [0.1, 0.15) is 5.82 Å². The topological polar surface area (TPSA) is 73.4 Å². The first-order valence-corrected chi connectivity index (χ1v) is 9.33. The summed E-state index contributed by atoms with van der Waals surface area (Å²) in [5.74, 6) is 0.939. The van der Waals surface area contributed by atoms with Gasteiger partial charge in [-0.25, -0.2) is 4.98 Å². The van der Waals surface area contributed by atoms with Crippen molar-refractivity contribution >= 4 is 30.7 Å². The minimum absolute atomic E-state index is 0. The standard InChI is InChI=1S/C20H28N4O2.2ClH/c1-15-14-18(16(2)24(15)19-6-3-4-10-22-19)20(25)23-11-7-17(8-12-23)26-13-5-9-21;;/h3-4,6,10,14,17H,5,7-9,11-13,21H2,1-2H3;2*1H. The zero-order chi connectivity index (χ0) is 18.5. The van der Waals surface area contributed by atoms with Crippen molar-refractivity contribution in [2.24, 2.45) is 5.73 Å². The number of nitrogens with zero attached hydrogens (tertiary/aromatic N) is 3. The van der Waals surface area contributed by atoms with Crippen molar-refractivity contribution in [3.8, 4) is 5.82 Å². The van der Waals surface area contributed by atoms with Crippen LogP contribution in [-0.4, -0.2) is 52.7 Å². The molecule has 1 saturated heterocycles. The first-order chi connectivity index (χ1) is 12.6. The van der Waals surface area contributed by atoms with E-state index < -0.39 is 0 Å². The van der Waals surface area contributed by atoms with Crippen LogP contribution in [0.4, 0.5) is 0 Å². The van der Waals surface area contributed by atoms with Gasteiger partial charge in [-0.15, -0.1) is 24.8 Å². The fourth-order valence-electron chi connectivity index (χ4n) is 3.55. The number of rotatable bonds is 6. The van der Waals surface area contributed by atoms with Gasteiger partial charge in [-0.2, -0.15) is 0 Å². The first-order valence-electron chi connectivity index (χ1n) is 9.33. The molecular formula is C20H30Cl2N4O2. The van der Waals surface area contributed by atoms with E-state index in [0.717, 1.165) is 55.1 Å². The molecule has 6 nitrogen and oxygen atoms in total. The number of hydrogen-bond acceptors (Lipinski definition) is 4. The molecule has 28 heavy (non-hydrogen) atoms. The monoisotopic (exact) mass is 428 g/mol. The Labute approximate surface area is 179 Å². The molecule has 8 heteroatoms. The summed E-state index contributed by atoms with van der Waals surface area (Å²) in [6.07, 6.45) is 4.67. The molecule has 1 aliphatic heterocycles. The number of pyridine rings is 1. The predicted molar refractivity (Wildman–Crippen MR) is 116 cm³/mol. The number of likely N-dealkylation sites (tertiary alicyclic amines) is 1. The van der Waals surface area contributed by atoms with Crippen molar-refractivity contribution in [1.29, 1.82) is 0 Å². The molecule has 0 unspecified atom stereocenters. The van der Waals surface area contributed by atoms with Gasteiger partial charge in [-0.3, -0.25) is 4.79 Å². The normalized spacial score (nSPS) is 14.3. The maximum atomic E-state index is 13.0. The Morgan fingerprint density at radius 3 is 2.57 bits per heavy atom. The molecule has 2 aromatic rings. The Morgan fingerprint density at radius 1 is 1.25 bits per heavy atom. The number of halogens is 2. The highest BCUT2D eigenvalue weighted by Gasteiger charge is 2.26. The zero-order valence-electron chi connectivity index (χ0n) is 16.5. The average Bonchev–Trinajstić information content (AvgIpc) is 2.97. The van der Waals surface area contributed by atoms with Crippen molar-refractivity contribution in [3.05, 3.63) is 47.4 Å². The van der Waals surface area contributed by atoms with Crippen LogP contribution in [0.1, 0.15) is 41.0 Å². The Balaban J connectivity index is 0.00000196. The third-order valence-corrected chi connectivity index (χ3v) is 4.97. The minimum atomic E-state index is 0. The zero-order valence-corrected chi connectivity index (χ0v) is 18.1. The van der Waals surface area contributed by atoms with Gasteiger partial charge < -0.3 is 19.9 Å². The van der Waals surface area contributed by atoms with E-state index in [4.69, 9.17) is 10.5 Å². The fourth-order valence-corrected chi connectivity index (χ4v) is 3.55. The lowest BCUT2D eigenvalue weighted by atomic mass is 10.1. The van der Waals surface area contributed by atoms with Gasteiger partial charge in [-0.1, -0.05) is 6.07 Å². The Kier molecular flexibility index (Phi) is 9.96. The van der Waals surface area contributed by atoms with Crippen LogP contribution in [-0.2, 0) is 4.74 Å². The van der Waals surface area contributed by atoms with Gasteiger partial charge in [0.15, 0.2) is 0 Å². The van der Waals surface area contributed by atoms with Gasteiger partial charge in [0, 0.05) is 37.3 Å². The van der Waals surface area contributed by atoms with Gasteiger partial charge in [-0.05, 0) is 57.9 Å². The summed E-state index contributed by atoms with van der Waals surface area (Å²) < 4.78 is 7.87. The second kappa shape index (κ2) is 11.4. The number of hydrogen-bond donors (Lipinski definition) is 1. The van der Waals surface area contributed by atoms with Crippen molar-refractivity contribution in [2.75, 3.05) is 26.2 Å². The summed E-state index contributed by atoms with van der Waals surface area (Å²) in [7, 11) is 0. The summed E-state index contributed by atoms with van der Waals surface area (Å²) >= 11 is 0. The molecule has 0 spiro atoms. The smallest absolute Gasteiger partial charge is 0.255 e. The maximum Gasteiger partial charge on any atom is 0.255 e. The molecule has 3 rings (SSSR count). The molecule has 0 atom stereocenters. The molecule has 0 saturated carbocycles. The molecule has 0 aliphatic carbocycles. The predicted octanol–water partition coefficient (Wildman–Crippen LogP) is 3.30. The number of carbonyl (C=O) groups is 1. The van der Waals surface area contributed by atoms with Crippen LogP contribution < -0.4 is 5.73 Å². The Bertz CT molecular complexity index is 744. The molecule has 0 radical (unpaired) electrons. The third kappa shape index (κ3) is 5.47. The lowest BCUT2D eigenvalue weighted by Crippen LogP contribution is -2.41. The number of piperidine rings is 1. The number of amides is 1. The van der Waals surface area contributed by atoms with Crippen molar-refractivity contribution in [3.63, 3.8) is 0 Å². The van der Waals surface area contributed by atoms with Crippen LogP contribution in [0.15, 0.2) is 30.5 Å². The third-order valence-electron chi connectivity index (χ3n) is 4.97.